The minimum Gasteiger partial charge on any atom is -0.358 e. The zero-order chi connectivity index (χ0) is 20.0. The van der Waals surface area contributed by atoms with Gasteiger partial charge in [-0.3, -0.25) is 14.4 Å². The number of benzene rings is 1. The number of nitrogens with one attached hydrogen (secondary N) is 1. The SMILES string of the molecule is Cc1cc(N2CCC(Nc3nc(-c4cccs4)nc4ccccc34)C2=O)n(C)n1. The highest BCUT2D eigenvalue weighted by molar-refractivity contribution is 7.13. The highest BCUT2D eigenvalue weighted by Gasteiger charge is 2.34. The van der Waals surface area contributed by atoms with Crippen LogP contribution in [0.5, 0.6) is 0 Å². The molecule has 3 aromatic heterocycles. The number of hydrogen-bond donors (Lipinski definition) is 1. The van der Waals surface area contributed by atoms with Crippen molar-refractivity contribution in [3.8, 4) is 10.7 Å². The van der Waals surface area contributed by atoms with E-state index in [0.29, 0.717) is 24.6 Å². The summed E-state index contributed by atoms with van der Waals surface area (Å²) in [6.45, 7) is 2.58. The first kappa shape index (κ1) is 17.8. The van der Waals surface area contributed by atoms with E-state index < -0.39 is 0 Å². The molecule has 1 atom stereocenters. The second-order valence-electron chi connectivity index (χ2n) is 7.13. The number of thiophene rings is 1. The maximum atomic E-state index is 13.1. The second-order valence-corrected chi connectivity index (χ2v) is 8.08. The van der Waals surface area contributed by atoms with Crippen LogP contribution in [0.1, 0.15) is 12.1 Å². The van der Waals surface area contributed by atoms with Crippen LogP contribution in [0.4, 0.5) is 11.6 Å². The number of carbonyl (C=O) groups excluding carboxylic acids is 1. The Labute approximate surface area is 172 Å². The van der Waals surface area contributed by atoms with E-state index in [1.807, 2.05) is 61.8 Å². The number of aryl methyl sites for hydroxylation is 2. The Morgan fingerprint density at radius 2 is 2.03 bits per heavy atom. The number of rotatable bonds is 4. The van der Waals surface area contributed by atoms with Crippen molar-refractivity contribution in [2.24, 2.45) is 7.05 Å². The van der Waals surface area contributed by atoms with E-state index in [0.717, 1.165) is 27.3 Å². The highest BCUT2D eigenvalue weighted by atomic mass is 32.1. The van der Waals surface area contributed by atoms with Crippen molar-refractivity contribution in [1.29, 1.82) is 0 Å². The smallest absolute Gasteiger partial charge is 0.250 e. The van der Waals surface area contributed by atoms with Crippen molar-refractivity contribution in [3.05, 3.63) is 53.5 Å². The summed E-state index contributed by atoms with van der Waals surface area (Å²) in [6, 6.07) is 13.5. The van der Waals surface area contributed by atoms with E-state index in [1.54, 1.807) is 20.9 Å². The van der Waals surface area contributed by atoms with Gasteiger partial charge in [0.15, 0.2) is 5.82 Å². The number of nitrogens with zero attached hydrogens (tertiary/aromatic N) is 5. The van der Waals surface area contributed by atoms with Crippen molar-refractivity contribution in [1.82, 2.24) is 19.7 Å². The van der Waals surface area contributed by atoms with Gasteiger partial charge in [-0.05, 0) is 36.9 Å². The van der Waals surface area contributed by atoms with Gasteiger partial charge < -0.3 is 5.32 Å². The third-order valence-corrected chi connectivity index (χ3v) is 5.98. The van der Waals surface area contributed by atoms with Gasteiger partial charge in [-0.15, -0.1) is 11.3 Å². The van der Waals surface area contributed by atoms with E-state index in [2.05, 4.69) is 10.4 Å². The number of para-hydroxylation sites is 1. The molecular weight excluding hydrogens is 384 g/mol. The van der Waals surface area contributed by atoms with Crippen LogP contribution in [0, 0.1) is 6.92 Å². The number of carbonyl (C=O) groups is 1. The molecule has 146 valence electrons. The molecule has 4 heterocycles. The molecule has 8 heteroatoms. The quantitative estimate of drug-likeness (QED) is 0.562. The van der Waals surface area contributed by atoms with Crippen LogP contribution < -0.4 is 10.2 Å². The van der Waals surface area contributed by atoms with Crippen LogP contribution in [-0.2, 0) is 11.8 Å². The normalized spacial score (nSPS) is 16.7. The van der Waals surface area contributed by atoms with Gasteiger partial charge in [0.1, 0.15) is 17.7 Å². The van der Waals surface area contributed by atoms with Crippen LogP contribution in [0.25, 0.3) is 21.6 Å². The molecule has 0 bridgehead atoms. The Hall–Kier alpha value is -3.26. The van der Waals surface area contributed by atoms with E-state index in [-0.39, 0.29) is 11.9 Å². The van der Waals surface area contributed by atoms with Crippen LogP contribution >= 0.6 is 11.3 Å². The molecule has 29 heavy (non-hydrogen) atoms. The lowest BCUT2D eigenvalue weighted by atomic mass is 10.2. The summed E-state index contributed by atoms with van der Waals surface area (Å²) in [5, 5.41) is 10.7. The summed E-state index contributed by atoms with van der Waals surface area (Å²) in [5.41, 5.74) is 1.76. The lowest BCUT2D eigenvalue weighted by molar-refractivity contribution is -0.117. The van der Waals surface area contributed by atoms with Crippen LogP contribution in [0.15, 0.2) is 47.8 Å². The van der Waals surface area contributed by atoms with E-state index in [1.165, 1.54) is 0 Å². The summed E-state index contributed by atoms with van der Waals surface area (Å²) in [6.07, 6.45) is 0.704. The molecule has 1 unspecified atom stereocenters. The van der Waals surface area contributed by atoms with Gasteiger partial charge in [-0.1, -0.05) is 18.2 Å². The van der Waals surface area contributed by atoms with E-state index >= 15 is 0 Å². The van der Waals surface area contributed by atoms with Gasteiger partial charge in [-0.25, -0.2) is 9.97 Å². The van der Waals surface area contributed by atoms with Crippen molar-refractivity contribution in [3.63, 3.8) is 0 Å². The number of fused-ring (bicyclic) bond motifs is 1. The largest absolute Gasteiger partial charge is 0.358 e. The molecule has 1 aromatic carbocycles. The lowest BCUT2D eigenvalue weighted by Gasteiger charge is -2.18. The number of amides is 1. The molecule has 1 fully saturated rings. The molecule has 0 radical (unpaired) electrons. The standard InChI is InChI=1S/C21H20N6OS/c1-13-12-18(26(2)25-13)27-10-9-16(21(27)28)23-19-14-6-3-4-7-15(14)22-20(24-19)17-8-5-11-29-17/h3-8,11-12,16H,9-10H2,1-2H3,(H,22,23,24). The fourth-order valence-corrected chi connectivity index (χ4v) is 4.42. The topological polar surface area (TPSA) is 75.9 Å². The van der Waals surface area contributed by atoms with Gasteiger partial charge in [-0.2, -0.15) is 5.10 Å². The fourth-order valence-electron chi connectivity index (χ4n) is 3.76. The Morgan fingerprint density at radius 1 is 1.17 bits per heavy atom. The van der Waals surface area contributed by atoms with Crippen LogP contribution in [0.3, 0.4) is 0 Å². The average Bonchev–Trinajstić information content (AvgIpc) is 3.44. The van der Waals surface area contributed by atoms with Crippen LogP contribution in [-0.4, -0.2) is 38.2 Å². The monoisotopic (exact) mass is 404 g/mol. The molecule has 7 nitrogen and oxygen atoms in total. The van der Waals surface area contributed by atoms with Crippen LogP contribution in [0.2, 0.25) is 0 Å². The van der Waals surface area contributed by atoms with Crippen molar-refractivity contribution in [2.45, 2.75) is 19.4 Å². The fraction of sp³-hybridized carbons (Fsp3) is 0.238. The molecule has 0 aliphatic carbocycles. The Balaban J connectivity index is 1.49. The molecule has 1 N–H and O–H groups in total. The zero-order valence-corrected chi connectivity index (χ0v) is 17.0. The second kappa shape index (κ2) is 6.97. The summed E-state index contributed by atoms with van der Waals surface area (Å²) >= 11 is 1.60. The lowest BCUT2D eigenvalue weighted by Crippen LogP contribution is -2.34. The molecule has 1 aliphatic rings. The molecule has 1 aliphatic heterocycles. The van der Waals surface area contributed by atoms with Crippen molar-refractivity contribution in [2.75, 3.05) is 16.8 Å². The Morgan fingerprint density at radius 3 is 2.79 bits per heavy atom. The van der Waals surface area contributed by atoms with E-state index in [9.17, 15) is 4.79 Å². The number of hydrogen-bond acceptors (Lipinski definition) is 6. The summed E-state index contributed by atoms with van der Waals surface area (Å²) in [7, 11) is 1.86. The van der Waals surface area contributed by atoms with E-state index in [4.69, 9.17) is 9.97 Å². The van der Waals surface area contributed by atoms with Gasteiger partial charge in [0, 0.05) is 25.0 Å². The summed E-state index contributed by atoms with van der Waals surface area (Å²) < 4.78 is 1.75. The van der Waals surface area contributed by atoms with Gasteiger partial charge in [0.05, 0.1) is 16.1 Å². The minimum absolute atomic E-state index is 0.0355. The maximum Gasteiger partial charge on any atom is 0.250 e. The van der Waals surface area contributed by atoms with Gasteiger partial charge in [0.2, 0.25) is 0 Å². The zero-order valence-electron chi connectivity index (χ0n) is 16.2. The Kier molecular flexibility index (Phi) is 4.28. The molecule has 1 saturated heterocycles. The third kappa shape index (κ3) is 3.15. The van der Waals surface area contributed by atoms with Crippen molar-refractivity contribution >= 4 is 39.8 Å². The first-order chi connectivity index (χ1) is 14.1. The first-order valence-electron chi connectivity index (χ1n) is 9.49. The molecule has 5 rings (SSSR count). The predicted molar refractivity (Wildman–Crippen MR) is 115 cm³/mol. The van der Waals surface area contributed by atoms with Gasteiger partial charge >= 0.3 is 0 Å². The number of aromatic nitrogens is 4. The molecular formula is C21H20N6OS. The van der Waals surface area contributed by atoms with Crippen molar-refractivity contribution < 1.29 is 4.79 Å². The molecule has 0 spiro atoms. The third-order valence-electron chi connectivity index (χ3n) is 5.12. The maximum absolute atomic E-state index is 13.1. The molecule has 4 aromatic rings. The predicted octanol–water partition coefficient (Wildman–Crippen LogP) is 3.62. The minimum atomic E-state index is -0.334. The molecule has 0 saturated carbocycles. The summed E-state index contributed by atoms with van der Waals surface area (Å²) in [5.74, 6) is 2.23. The Bertz CT molecular complexity index is 1200. The summed E-state index contributed by atoms with van der Waals surface area (Å²) in [4.78, 5) is 25.4. The average molecular weight is 404 g/mol. The van der Waals surface area contributed by atoms with Gasteiger partial charge in [0.25, 0.3) is 5.91 Å². The number of anilines is 2. The first-order valence-corrected chi connectivity index (χ1v) is 10.4. The highest BCUT2D eigenvalue weighted by Crippen LogP contribution is 2.30. The molecule has 1 amide bonds.